The maximum absolute atomic E-state index is 12.4. The first-order valence-electron chi connectivity index (χ1n) is 8.30. The Balaban J connectivity index is 1.99. The van der Waals surface area contributed by atoms with Crippen LogP contribution in [0.2, 0.25) is 0 Å². The molecule has 0 aliphatic rings. The molecule has 0 aliphatic carbocycles. The molecule has 26 heavy (non-hydrogen) atoms. The highest BCUT2D eigenvalue weighted by Crippen LogP contribution is 2.15. The largest absolute Gasteiger partial charge is 0.465 e. The van der Waals surface area contributed by atoms with Gasteiger partial charge < -0.3 is 9.47 Å². The number of Topliss-reactive ketones (excluding diaryl/α,β-unsaturated/α-hetero) is 1. The number of carbonyl (C=O) groups excluding carboxylic acids is 3. The average molecular weight is 354 g/mol. The topological polar surface area (TPSA) is 69.7 Å². The van der Waals surface area contributed by atoms with Crippen molar-refractivity contribution in [2.75, 3.05) is 13.7 Å². The SMILES string of the molecule is COC(=O)c1ccc(C)c(C(=O)CCOC(=O)c2ccc(C)c(C)c2)c1. The van der Waals surface area contributed by atoms with E-state index < -0.39 is 11.9 Å². The highest BCUT2D eigenvalue weighted by atomic mass is 16.5. The third-order valence-electron chi connectivity index (χ3n) is 4.26. The molecule has 0 bridgehead atoms. The van der Waals surface area contributed by atoms with Gasteiger partial charge in [0.1, 0.15) is 0 Å². The van der Waals surface area contributed by atoms with Crippen molar-refractivity contribution in [3.05, 3.63) is 69.8 Å². The van der Waals surface area contributed by atoms with Crippen molar-refractivity contribution in [1.29, 1.82) is 0 Å². The fraction of sp³-hybridized carbons (Fsp3) is 0.286. The molecule has 0 fully saturated rings. The van der Waals surface area contributed by atoms with E-state index in [1.54, 1.807) is 31.2 Å². The molecule has 0 amide bonds. The van der Waals surface area contributed by atoms with E-state index >= 15 is 0 Å². The second kappa shape index (κ2) is 8.43. The predicted molar refractivity (Wildman–Crippen MR) is 97.7 cm³/mol. The van der Waals surface area contributed by atoms with Crippen LogP contribution in [0.25, 0.3) is 0 Å². The fourth-order valence-electron chi connectivity index (χ4n) is 2.49. The summed E-state index contributed by atoms with van der Waals surface area (Å²) in [5.41, 5.74) is 4.06. The molecule has 0 atom stereocenters. The van der Waals surface area contributed by atoms with Crippen LogP contribution in [0.4, 0.5) is 0 Å². The molecule has 136 valence electrons. The van der Waals surface area contributed by atoms with Gasteiger partial charge in [0, 0.05) is 12.0 Å². The first-order valence-corrected chi connectivity index (χ1v) is 8.30. The molecule has 5 nitrogen and oxygen atoms in total. The second-order valence-corrected chi connectivity index (χ2v) is 6.13. The van der Waals surface area contributed by atoms with Crippen LogP contribution in [0, 0.1) is 20.8 Å². The van der Waals surface area contributed by atoms with Gasteiger partial charge in [0.25, 0.3) is 0 Å². The standard InChI is InChI=1S/C21H22O5/c1-13-5-7-16(11-15(13)3)21(24)26-10-9-19(22)18-12-17(20(23)25-4)8-6-14(18)2/h5-8,11-12H,9-10H2,1-4H3. The maximum atomic E-state index is 12.4. The molecule has 2 aromatic rings. The van der Waals surface area contributed by atoms with Gasteiger partial charge in [0.05, 0.1) is 24.8 Å². The predicted octanol–water partition coefficient (Wildman–Crippen LogP) is 3.83. The molecule has 0 aromatic heterocycles. The monoisotopic (exact) mass is 354 g/mol. The molecule has 0 saturated carbocycles. The highest BCUT2D eigenvalue weighted by Gasteiger charge is 2.15. The number of hydrogen-bond donors (Lipinski definition) is 0. The quantitative estimate of drug-likeness (QED) is 0.582. The average Bonchev–Trinajstić information content (AvgIpc) is 2.63. The number of ether oxygens (including phenoxy) is 2. The maximum Gasteiger partial charge on any atom is 0.338 e. The molecule has 0 spiro atoms. The van der Waals surface area contributed by atoms with E-state index in [0.717, 1.165) is 16.7 Å². The van der Waals surface area contributed by atoms with Gasteiger partial charge in [-0.2, -0.15) is 0 Å². The number of hydrogen-bond acceptors (Lipinski definition) is 5. The van der Waals surface area contributed by atoms with Crippen LogP contribution in [0.5, 0.6) is 0 Å². The Morgan fingerprint density at radius 2 is 1.42 bits per heavy atom. The summed E-state index contributed by atoms with van der Waals surface area (Å²) in [6, 6.07) is 10.1. The molecular weight excluding hydrogens is 332 g/mol. The normalized spacial score (nSPS) is 10.3. The van der Waals surface area contributed by atoms with Gasteiger partial charge in [-0.3, -0.25) is 4.79 Å². The van der Waals surface area contributed by atoms with Gasteiger partial charge in [-0.05, 0) is 61.7 Å². The van der Waals surface area contributed by atoms with E-state index in [0.29, 0.717) is 16.7 Å². The van der Waals surface area contributed by atoms with E-state index in [2.05, 4.69) is 4.74 Å². The smallest absolute Gasteiger partial charge is 0.338 e. The summed E-state index contributed by atoms with van der Waals surface area (Å²) in [5.74, 6) is -1.15. The number of benzene rings is 2. The first kappa shape index (κ1) is 19.4. The van der Waals surface area contributed by atoms with Crippen LogP contribution in [0.1, 0.15) is 54.2 Å². The summed E-state index contributed by atoms with van der Waals surface area (Å²) in [7, 11) is 1.29. The first-order chi connectivity index (χ1) is 12.3. The van der Waals surface area contributed by atoms with Crippen molar-refractivity contribution in [2.45, 2.75) is 27.2 Å². The van der Waals surface area contributed by atoms with Crippen LogP contribution >= 0.6 is 0 Å². The summed E-state index contributed by atoms with van der Waals surface area (Å²) >= 11 is 0. The minimum Gasteiger partial charge on any atom is -0.465 e. The lowest BCUT2D eigenvalue weighted by molar-refractivity contribution is 0.0495. The molecular formula is C21H22O5. The van der Waals surface area contributed by atoms with Crippen LogP contribution in [0.15, 0.2) is 36.4 Å². The highest BCUT2D eigenvalue weighted by molar-refractivity contribution is 6.00. The number of methoxy groups -OCH3 is 1. The van der Waals surface area contributed by atoms with Crippen LogP contribution < -0.4 is 0 Å². The van der Waals surface area contributed by atoms with Crippen molar-refractivity contribution in [3.8, 4) is 0 Å². The fourth-order valence-corrected chi connectivity index (χ4v) is 2.49. The minimum absolute atomic E-state index is 0.0213. The molecule has 5 heteroatoms. The third kappa shape index (κ3) is 4.57. The van der Waals surface area contributed by atoms with Gasteiger partial charge >= 0.3 is 11.9 Å². The molecule has 0 saturated heterocycles. The number of aryl methyl sites for hydroxylation is 3. The van der Waals surface area contributed by atoms with Crippen molar-refractivity contribution in [3.63, 3.8) is 0 Å². The van der Waals surface area contributed by atoms with Crippen molar-refractivity contribution >= 4 is 17.7 Å². The van der Waals surface area contributed by atoms with Crippen LogP contribution in [0.3, 0.4) is 0 Å². The van der Waals surface area contributed by atoms with Crippen molar-refractivity contribution in [1.82, 2.24) is 0 Å². The Bertz CT molecular complexity index is 851. The van der Waals surface area contributed by atoms with Crippen LogP contribution in [-0.4, -0.2) is 31.4 Å². The van der Waals surface area contributed by atoms with Crippen LogP contribution in [-0.2, 0) is 9.47 Å². The minimum atomic E-state index is -0.500. The van der Waals surface area contributed by atoms with Crippen molar-refractivity contribution < 1.29 is 23.9 Å². The molecule has 0 heterocycles. The molecule has 0 N–H and O–H groups in total. The molecule has 0 aliphatic heterocycles. The summed E-state index contributed by atoms with van der Waals surface area (Å²) in [5, 5.41) is 0. The van der Waals surface area contributed by atoms with E-state index in [9.17, 15) is 14.4 Å². The lowest BCUT2D eigenvalue weighted by Gasteiger charge is -2.09. The zero-order valence-electron chi connectivity index (χ0n) is 15.4. The van der Waals surface area contributed by atoms with E-state index in [4.69, 9.17) is 4.74 Å². The van der Waals surface area contributed by atoms with Gasteiger partial charge in [-0.1, -0.05) is 12.1 Å². The molecule has 2 rings (SSSR count). The lowest BCUT2D eigenvalue weighted by Crippen LogP contribution is -2.12. The van der Waals surface area contributed by atoms with Gasteiger partial charge in [-0.15, -0.1) is 0 Å². The van der Waals surface area contributed by atoms with Gasteiger partial charge in [0.2, 0.25) is 0 Å². The summed E-state index contributed by atoms with van der Waals surface area (Å²) in [6.07, 6.45) is 0.0437. The van der Waals surface area contributed by atoms with E-state index in [-0.39, 0.29) is 18.8 Å². The number of ketones is 1. The number of carbonyl (C=O) groups is 3. The lowest BCUT2D eigenvalue weighted by atomic mass is 10.00. The second-order valence-electron chi connectivity index (χ2n) is 6.13. The summed E-state index contributed by atoms with van der Waals surface area (Å²) in [4.78, 5) is 36.1. The Hall–Kier alpha value is -2.95. The third-order valence-corrected chi connectivity index (χ3v) is 4.26. The summed E-state index contributed by atoms with van der Waals surface area (Å²) in [6.45, 7) is 5.66. The summed E-state index contributed by atoms with van der Waals surface area (Å²) < 4.78 is 9.87. The van der Waals surface area contributed by atoms with Gasteiger partial charge in [0.15, 0.2) is 5.78 Å². The molecule has 0 radical (unpaired) electrons. The number of esters is 2. The molecule has 0 unspecified atom stereocenters. The Morgan fingerprint density at radius 1 is 0.808 bits per heavy atom. The number of rotatable bonds is 6. The van der Waals surface area contributed by atoms with Gasteiger partial charge in [-0.25, -0.2) is 9.59 Å². The zero-order valence-corrected chi connectivity index (χ0v) is 15.4. The Labute approximate surface area is 152 Å². The molecule has 2 aromatic carbocycles. The van der Waals surface area contributed by atoms with Crippen molar-refractivity contribution in [2.24, 2.45) is 0 Å². The Kier molecular flexibility index (Phi) is 6.28. The van der Waals surface area contributed by atoms with E-state index in [1.807, 2.05) is 19.9 Å². The van der Waals surface area contributed by atoms with E-state index in [1.165, 1.54) is 13.2 Å². The zero-order chi connectivity index (χ0) is 19.3. The Morgan fingerprint density at radius 3 is 2.04 bits per heavy atom.